The predicted molar refractivity (Wildman–Crippen MR) is 80.7 cm³/mol. The van der Waals surface area contributed by atoms with Crippen molar-refractivity contribution < 1.29 is 14.6 Å². The number of piperidine rings is 1. The summed E-state index contributed by atoms with van der Waals surface area (Å²) in [5.74, 6) is 0.960. The third-order valence-electron chi connectivity index (χ3n) is 4.67. The van der Waals surface area contributed by atoms with E-state index in [2.05, 4.69) is 4.90 Å². The molecule has 2 unspecified atom stereocenters. The molecule has 21 heavy (non-hydrogen) atoms. The second kappa shape index (κ2) is 6.16. The Morgan fingerprint density at radius 1 is 1.24 bits per heavy atom. The first-order valence-electron chi connectivity index (χ1n) is 7.87. The van der Waals surface area contributed by atoms with Gasteiger partial charge in [0.05, 0.1) is 19.3 Å². The average Bonchev–Trinajstić information content (AvgIpc) is 2.71. The van der Waals surface area contributed by atoms with Gasteiger partial charge in [-0.15, -0.1) is 0 Å². The van der Waals surface area contributed by atoms with Gasteiger partial charge >= 0.3 is 0 Å². The maximum absolute atomic E-state index is 12.4. The minimum Gasteiger partial charge on any atom is -0.494 e. The van der Waals surface area contributed by atoms with Crippen molar-refractivity contribution in [1.82, 2.24) is 4.90 Å². The van der Waals surface area contributed by atoms with Crippen LogP contribution in [0.1, 0.15) is 43.0 Å². The topological polar surface area (TPSA) is 49.8 Å². The fourth-order valence-corrected chi connectivity index (χ4v) is 3.66. The van der Waals surface area contributed by atoms with Gasteiger partial charge in [-0.05, 0) is 56.9 Å². The molecule has 2 aliphatic rings. The van der Waals surface area contributed by atoms with Crippen molar-refractivity contribution in [2.24, 2.45) is 0 Å². The summed E-state index contributed by atoms with van der Waals surface area (Å²) in [6, 6.07) is 8.15. The quantitative estimate of drug-likeness (QED) is 0.845. The van der Waals surface area contributed by atoms with Crippen molar-refractivity contribution >= 4 is 5.78 Å². The summed E-state index contributed by atoms with van der Waals surface area (Å²) in [6.07, 6.45) is 3.66. The zero-order valence-corrected chi connectivity index (χ0v) is 12.5. The molecule has 0 amide bonds. The standard InChI is InChI=1S/C17H23NO3/c1-2-21-16-7-3-12(4-8-16)17(20)11-18-13-5-6-14(18)10-15(19)9-13/h3-4,7-8,13-15,19H,2,5-6,9-11H2,1H3. The van der Waals surface area contributed by atoms with Crippen molar-refractivity contribution in [2.45, 2.75) is 50.8 Å². The summed E-state index contributed by atoms with van der Waals surface area (Å²) in [7, 11) is 0. The first-order chi connectivity index (χ1) is 10.2. The predicted octanol–water partition coefficient (Wildman–Crippen LogP) is 2.26. The average molecular weight is 289 g/mol. The molecule has 4 heteroatoms. The number of aliphatic hydroxyl groups excluding tert-OH is 1. The highest BCUT2D eigenvalue weighted by atomic mass is 16.5. The van der Waals surface area contributed by atoms with E-state index in [1.807, 2.05) is 31.2 Å². The normalized spacial score (nSPS) is 28.6. The van der Waals surface area contributed by atoms with Crippen LogP contribution in [0.15, 0.2) is 24.3 Å². The number of ketones is 1. The molecule has 4 nitrogen and oxygen atoms in total. The van der Waals surface area contributed by atoms with Crippen molar-refractivity contribution in [3.63, 3.8) is 0 Å². The Labute approximate surface area is 125 Å². The maximum Gasteiger partial charge on any atom is 0.176 e. The van der Waals surface area contributed by atoms with E-state index in [9.17, 15) is 9.90 Å². The first-order valence-corrected chi connectivity index (χ1v) is 7.87. The van der Waals surface area contributed by atoms with Gasteiger partial charge in [0.15, 0.2) is 5.78 Å². The Hall–Kier alpha value is -1.39. The monoisotopic (exact) mass is 289 g/mol. The van der Waals surface area contributed by atoms with E-state index in [1.165, 1.54) is 0 Å². The van der Waals surface area contributed by atoms with Gasteiger partial charge < -0.3 is 9.84 Å². The molecule has 0 radical (unpaired) electrons. The third kappa shape index (κ3) is 3.11. The molecule has 1 N–H and O–H groups in total. The highest BCUT2D eigenvalue weighted by Gasteiger charge is 2.40. The Bertz CT molecular complexity index is 485. The molecule has 2 bridgehead atoms. The van der Waals surface area contributed by atoms with Gasteiger partial charge in [-0.25, -0.2) is 0 Å². The van der Waals surface area contributed by atoms with Gasteiger partial charge in [0, 0.05) is 17.6 Å². The molecule has 0 spiro atoms. The fourth-order valence-electron chi connectivity index (χ4n) is 3.66. The number of ether oxygens (including phenoxy) is 1. The Morgan fingerprint density at radius 3 is 2.43 bits per heavy atom. The zero-order valence-electron chi connectivity index (χ0n) is 12.5. The third-order valence-corrected chi connectivity index (χ3v) is 4.67. The number of nitrogens with zero attached hydrogens (tertiary/aromatic N) is 1. The molecular formula is C17H23NO3. The zero-order chi connectivity index (χ0) is 14.8. The summed E-state index contributed by atoms with van der Waals surface area (Å²) < 4.78 is 5.40. The number of hydrogen-bond acceptors (Lipinski definition) is 4. The smallest absolute Gasteiger partial charge is 0.176 e. The molecule has 2 saturated heterocycles. The van der Waals surface area contributed by atoms with Crippen LogP contribution >= 0.6 is 0 Å². The van der Waals surface area contributed by atoms with Crippen LogP contribution in [0.2, 0.25) is 0 Å². The minimum atomic E-state index is -0.181. The first kappa shape index (κ1) is 14.5. The van der Waals surface area contributed by atoms with E-state index in [0.29, 0.717) is 25.2 Å². The number of benzene rings is 1. The van der Waals surface area contributed by atoms with Crippen LogP contribution in [0.4, 0.5) is 0 Å². The molecule has 0 aromatic heterocycles. The SMILES string of the molecule is CCOc1ccc(C(=O)CN2C3CCC2CC(O)C3)cc1. The molecule has 0 saturated carbocycles. The minimum absolute atomic E-state index is 0.159. The largest absolute Gasteiger partial charge is 0.494 e. The van der Waals surface area contributed by atoms with Crippen molar-refractivity contribution in [3.05, 3.63) is 29.8 Å². The number of carbonyl (C=O) groups excluding carboxylic acids is 1. The van der Waals surface area contributed by atoms with Crippen LogP contribution in [-0.4, -0.2) is 47.1 Å². The lowest BCUT2D eigenvalue weighted by molar-refractivity contribution is 0.0344. The number of Topliss-reactive ketones (excluding diaryl/α,β-unsaturated/α-hetero) is 1. The highest BCUT2D eigenvalue weighted by molar-refractivity contribution is 5.97. The van der Waals surface area contributed by atoms with E-state index < -0.39 is 0 Å². The summed E-state index contributed by atoms with van der Waals surface area (Å²) in [6.45, 7) is 3.04. The Morgan fingerprint density at radius 2 is 1.86 bits per heavy atom. The Balaban J connectivity index is 1.64. The lowest BCUT2D eigenvalue weighted by Crippen LogP contribution is -2.46. The van der Waals surface area contributed by atoms with Crippen molar-refractivity contribution in [3.8, 4) is 5.75 Å². The maximum atomic E-state index is 12.4. The van der Waals surface area contributed by atoms with E-state index in [4.69, 9.17) is 4.74 Å². The van der Waals surface area contributed by atoms with Crippen LogP contribution in [-0.2, 0) is 0 Å². The molecule has 2 atom stereocenters. The lowest BCUT2D eigenvalue weighted by atomic mass is 9.99. The van der Waals surface area contributed by atoms with E-state index in [0.717, 1.165) is 37.0 Å². The van der Waals surface area contributed by atoms with Gasteiger partial charge in [0.25, 0.3) is 0 Å². The molecule has 2 aliphatic heterocycles. The molecular weight excluding hydrogens is 266 g/mol. The molecule has 1 aromatic carbocycles. The molecule has 2 fully saturated rings. The lowest BCUT2D eigenvalue weighted by Gasteiger charge is -2.36. The van der Waals surface area contributed by atoms with Crippen LogP contribution in [0, 0.1) is 0 Å². The Kier molecular flexibility index (Phi) is 4.27. The second-order valence-corrected chi connectivity index (χ2v) is 6.06. The van der Waals surface area contributed by atoms with Gasteiger partial charge in [0.2, 0.25) is 0 Å². The molecule has 1 aromatic rings. The van der Waals surface area contributed by atoms with E-state index >= 15 is 0 Å². The van der Waals surface area contributed by atoms with Crippen LogP contribution in [0.25, 0.3) is 0 Å². The number of fused-ring (bicyclic) bond motifs is 2. The summed E-state index contributed by atoms with van der Waals surface area (Å²) in [4.78, 5) is 14.7. The summed E-state index contributed by atoms with van der Waals surface area (Å²) >= 11 is 0. The van der Waals surface area contributed by atoms with E-state index in [1.54, 1.807) is 0 Å². The fraction of sp³-hybridized carbons (Fsp3) is 0.588. The molecule has 0 aliphatic carbocycles. The van der Waals surface area contributed by atoms with Gasteiger partial charge in [-0.1, -0.05) is 0 Å². The van der Waals surface area contributed by atoms with Crippen LogP contribution in [0.3, 0.4) is 0 Å². The van der Waals surface area contributed by atoms with Crippen molar-refractivity contribution in [2.75, 3.05) is 13.2 Å². The van der Waals surface area contributed by atoms with Crippen LogP contribution in [0.5, 0.6) is 5.75 Å². The number of aliphatic hydroxyl groups is 1. The van der Waals surface area contributed by atoms with Crippen LogP contribution < -0.4 is 4.74 Å². The molecule has 114 valence electrons. The molecule has 3 rings (SSSR count). The number of carbonyl (C=O) groups is 1. The van der Waals surface area contributed by atoms with Crippen molar-refractivity contribution in [1.29, 1.82) is 0 Å². The number of hydrogen-bond donors (Lipinski definition) is 1. The second-order valence-electron chi connectivity index (χ2n) is 6.06. The van der Waals surface area contributed by atoms with Gasteiger partial charge in [-0.3, -0.25) is 9.69 Å². The number of rotatable bonds is 5. The molecule has 2 heterocycles. The summed E-state index contributed by atoms with van der Waals surface area (Å²) in [5.41, 5.74) is 0.740. The van der Waals surface area contributed by atoms with Gasteiger partial charge in [-0.2, -0.15) is 0 Å². The highest BCUT2D eigenvalue weighted by Crippen LogP contribution is 2.35. The van der Waals surface area contributed by atoms with E-state index in [-0.39, 0.29) is 11.9 Å². The van der Waals surface area contributed by atoms with Gasteiger partial charge in [0.1, 0.15) is 5.75 Å². The summed E-state index contributed by atoms with van der Waals surface area (Å²) in [5, 5.41) is 9.81.